The lowest BCUT2D eigenvalue weighted by molar-refractivity contribution is -0.136. The highest BCUT2D eigenvalue weighted by molar-refractivity contribution is 6.01. The molecule has 5 aromatic carbocycles. The quantitative estimate of drug-likeness (QED) is 0.0186. The van der Waals surface area contributed by atoms with Crippen LogP contribution >= 0.6 is 0 Å². The van der Waals surface area contributed by atoms with Crippen molar-refractivity contribution in [3.8, 4) is 0 Å². The predicted octanol–water partition coefficient (Wildman–Crippen LogP) is -2.09. The highest BCUT2D eigenvalue weighted by atomic mass is 16.3. The molecule has 35 heteroatoms. The molecule has 0 radical (unpaired) electrons. The summed E-state index contributed by atoms with van der Waals surface area (Å²) in [6, 6.07) is 16.0. The summed E-state index contributed by atoms with van der Waals surface area (Å²) in [6.07, 6.45) is 0.766. The number of amides is 15. The number of rotatable bonds is 53. The Morgan fingerprint density at radius 3 is 1.28 bits per heavy atom. The van der Waals surface area contributed by atoms with Gasteiger partial charge in [0.05, 0.1) is 25.6 Å². The van der Waals surface area contributed by atoms with Gasteiger partial charge in [-0.2, -0.15) is 0 Å². The molecule has 13 atom stereocenters. The van der Waals surface area contributed by atoms with Crippen LogP contribution in [0.1, 0.15) is 141 Å². The van der Waals surface area contributed by atoms with E-state index in [1.807, 2.05) is 38.1 Å². The second-order valence-electron chi connectivity index (χ2n) is 29.7. The summed E-state index contributed by atoms with van der Waals surface area (Å²) in [4.78, 5) is 209. The molecule has 638 valence electrons. The van der Waals surface area contributed by atoms with Gasteiger partial charge in [0, 0.05) is 25.7 Å². The molecule has 5 aromatic rings. The number of benzene rings is 5. The third kappa shape index (κ3) is 32.6. The monoisotopic (exact) mass is 1630 g/mol. The molecular formula is C82H119N19O16. The van der Waals surface area contributed by atoms with E-state index in [4.69, 9.17) is 40.1 Å². The number of aliphatic hydroxyl groups excluding tert-OH is 1. The van der Waals surface area contributed by atoms with Crippen molar-refractivity contribution >= 4 is 110 Å². The zero-order valence-corrected chi connectivity index (χ0v) is 67.2. The number of hydrogen-bond acceptors (Lipinski definition) is 20. The Kier molecular flexibility index (Phi) is 41.1. The molecular weight excluding hydrogens is 1510 g/mol. The summed E-state index contributed by atoms with van der Waals surface area (Å²) in [5.74, 6) is -14.3. The van der Waals surface area contributed by atoms with E-state index in [1.54, 1.807) is 105 Å². The molecule has 0 spiro atoms. The van der Waals surface area contributed by atoms with Crippen molar-refractivity contribution in [3.63, 3.8) is 0 Å². The Balaban J connectivity index is 1.43. The Morgan fingerprint density at radius 2 is 0.795 bits per heavy atom. The minimum atomic E-state index is -1.83. The van der Waals surface area contributed by atoms with E-state index < -0.39 is 199 Å². The van der Waals surface area contributed by atoms with E-state index in [1.165, 1.54) is 6.92 Å². The van der Waals surface area contributed by atoms with Gasteiger partial charge in [0.2, 0.25) is 88.6 Å². The summed E-state index contributed by atoms with van der Waals surface area (Å²) >= 11 is 0. The van der Waals surface area contributed by atoms with E-state index in [0.29, 0.717) is 72.5 Å². The van der Waals surface area contributed by atoms with Gasteiger partial charge >= 0.3 is 0 Å². The van der Waals surface area contributed by atoms with Crippen LogP contribution in [-0.4, -0.2) is 199 Å². The minimum absolute atomic E-state index is 0.0197. The number of aliphatic hydroxyl groups is 1. The second-order valence-corrected chi connectivity index (χ2v) is 29.7. The van der Waals surface area contributed by atoms with Crippen molar-refractivity contribution in [1.82, 2.24) is 63.8 Å². The molecule has 0 aliphatic heterocycles. The maximum atomic E-state index is 15.1. The molecule has 0 saturated heterocycles. The van der Waals surface area contributed by atoms with Crippen LogP contribution in [0.2, 0.25) is 0 Å². The zero-order valence-electron chi connectivity index (χ0n) is 67.2. The van der Waals surface area contributed by atoms with Crippen molar-refractivity contribution in [2.75, 3.05) is 32.8 Å². The molecule has 27 N–H and O–H groups in total. The van der Waals surface area contributed by atoms with Crippen LogP contribution in [0.3, 0.4) is 0 Å². The van der Waals surface area contributed by atoms with Gasteiger partial charge in [0.1, 0.15) is 66.5 Å². The van der Waals surface area contributed by atoms with Gasteiger partial charge in [-0.15, -0.1) is 0 Å². The van der Waals surface area contributed by atoms with Crippen molar-refractivity contribution in [1.29, 1.82) is 0 Å². The highest BCUT2D eigenvalue weighted by Crippen LogP contribution is 2.23. The first-order chi connectivity index (χ1) is 55.8. The maximum absolute atomic E-state index is 15.1. The van der Waals surface area contributed by atoms with Gasteiger partial charge in [-0.25, -0.2) is 0 Å². The summed E-state index contributed by atoms with van der Waals surface area (Å²) < 4.78 is 0. The average molecular weight is 1630 g/mol. The predicted molar refractivity (Wildman–Crippen MR) is 439 cm³/mol. The Bertz CT molecular complexity index is 4180. The minimum Gasteiger partial charge on any atom is -0.394 e. The van der Waals surface area contributed by atoms with Crippen molar-refractivity contribution < 1.29 is 77.0 Å². The molecule has 0 bridgehead atoms. The first kappa shape index (κ1) is 96.1. The third-order valence-corrected chi connectivity index (χ3v) is 19.8. The van der Waals surface area contributed by atoms with E-state index in [2.05, 4.69) is 63.8 Å². The van der Waals surface area contributed by atoms with Gasteiger partial charge in [0.25, 0.3) is 0 Å². The lowest BCUT2D eigenvalue weighted by Crippen LogP contribution is -2.61. The third-order valence-electron chi connectivity index (χ3n) is 19.8. The molecule has 0 saturated carbocycles. The van der Waals surface area contributed by atoms with E-state index in [-0.39, 0.29) is 70.4 Å². The number of unbranched alkanes of at least 4 members (excludes halogenated alkanes) is 3. The summed E-state index contributed by atoms with van der Waals surface area (Å²) in [6.45, 7) is 7.49. The topological polar surface area (TPSA) is 603 Å². The fraction of sp³-hybridized carbons (Fsp3) is 0.500. The number of primary amides is 3. The summed E-state index contributed by atoms with van der Waals surface area (Å²) in [5, 5.41) is 44.0. The fourth-order valence-corrected chi connectivity index (χ4v) is 13.0. The van der Waals surface area contributed by atoms with E-state index >= 15 is 4.79 Å². The number of carbonyl (C=O) groups excluding carboxylic acids is 15. The number of carbonyl (C=O) groups is 15. The van der Waals surface area contributed by atoms with E-state index in [9.17, 15) is 72.2 Å². The average Bonchev–Trinajstić information content (AvgIpc) is 0.818. The summed E-state index contributed by atoms with van der Waals surface area (Å²) in [5.41, 5.74) is 42.1. The SMILES string of the molecule is CC[C@H](C)[C@H](NC(=O)[C@H](CO)NC(=O)CNC(=O)[C@H](CCCCN)NC(=O)[C@H](Cc1cccc2ccccc12)NC(=O)[C@H](CCCCN)NC(=O)[C@H](C)NC(=O)[C@H](CCC(N)=O)NC(=O)[C@H](Cc1cccc2ccccc12)NC(=O)[C@H](CC(N)=O)NC(=O)[C@H](Cc1ccccc1)NC(=O)[C@H](CC(C)C)NC(=O)[C@@H](N)CCCCN)C(N)=O. The Morgan fingerprint density at radius 1 is 0.385 bits per heavy atom. The number of hydrogen-bond donors (Lipinski definition) is 20. The van der Waals surface area contributed by atoms with Crippen LogP contribution in [0.4, 0.5) is 0 Å². The number of nitrogens with one attached hydrogen (secondary N) is 12. The van der Waals surface area contributed by atoms with Gasteiger partial charge in [-0.1, -0.05) is 156 Å². The highest BCUT2D eigenvalue weighted by Gasteiger charge is 2.38. The molecule has 0 aromatic heterocycles. The number of fused-ring (bicyclic) bond motifs is 2. The molecule has 0 aliphatic carbocycles. The van der Waals surface area contributed by atoms with Crippen LogP contribution in [0.5, 0.6) is 0 Å². The fourth-order valence-electron chi connectivity index (χ4n) is 13.0. The van der Waals surface area contributed by atoms with E-state index in [0.717, 1.165) is 10.8 Å². The summed E-state index contributed by atoms with van der Waals surface area (Å²) in [7, 11) is 0. The van der Waals surface area contributed by atoms with Crippen LogP contribution in [0.15, 0.2) is 115 Å². The first-order valence-electron chi connectivity index (χ1n) is 39.7. The molecule has 35 nitrogen and oxygen atoms in total. The standard InChI is InChI=1S/C82H119N19O16/c1-6-48(4)70(71(89)106)101-82(117)66(46-102)92-69(105)45-90-74(109)58(33-15-18-38-84)94-79(114)63(42-53-28-20-26-51-24-10-12-30-55(51)53)98-76(111)59(34-16-19-39-85)93-72(107)49(5)91-75(110)60(35-36-67(87)103)95-80(115)64(43-54-29-21-27-52-25-11-13-31-56(52)54)99-81(116)65(44-68(88)104)100-78(113)62(41-50-22-8-7-9-23-50)97-77(112)61(40-47(2)3)96-73(108)57(86)32-14-17-37-83/h7-13,20-31,47-49,57-66,70,102H,6,14-19,32-46,83-86H2,1-5H3,(H2,87,103)(H2,88,104)(H2,89,106)(H,90,109)(H,91,110)(H,92,105)(H,93,107)(H,94,114)(H,95,115)(H,96,108)(H,97,112)(H,98,111)(H,99,116)(H,100,113)(H,101,117)/t48-,49-,57-,58-,59-,60-,61-,62-,63-,64-,65-,66-,70-/m0/s1. The molecule has 117 heavy (non-hydrogen) atoms. The Labute approximate surface area is 681 Å². The molecule has 0 aliphatic rings. The van der Waals surface area contributed by atoms with Crippen LogP contribution < -0.4 is 104 Å². The van der Waals surface area contributed by atoms with Gasteiger partial charge < -0.3 is 109 Å². The van der Waals surface area contributed by atoms with Crippen LogP contribution in [0, 0.1) is 11.8 Å². The normalized spacial score (nSPS) is 14.6. The lowest BCUT2D eigenvalue weighted by Gasteiger charge is -2.28. The first-order valence-corrected chi connectivity index (χ1v) is 39.7. The van der Waals surface area contributed by atoms with Crippen molar-refractivity contribution in [2.24, 2.45) is 52.0 Å². The largest absolute Gasteiger partial charge is 0.394 e. The molecule has 0 unspecified atom stereocenters. The number of nitrogens with two attached hydrogens (primary N) is 7. The smallest absolute Gasteiger partial charge is 0.245 e. The van der Waals surface area contributed by atoms with Crippen LogP contribution in [-0.2, 0) is 91.2 Å². The molecule has 0 heterocycles. The van der Waals surface area contributed by atoms with Gasteiger partial charge in [0.15, 0.2) is 0 Å². The van der Waals surface area contributed by atoms with Gasteiger partial charge in [-0.05, 0) is 141 Å². The van der Waals surface area contributed by atoms with Crippen molar-refractivity contribution in [2.45, 2.75) is 216 Å². The maximum Gasteiger partial charge on any atom is 0.245 e. The Hall–Kier alpha value is -11.5. The van der Waals surface area contributed by atoms with Crippen molar-refractivity contribution in [3.05, 3.63) is 132 Å². The molecule has 0 fully saturated rings. The molecule has 5 rings (SSSR count). The zero-order chi connectivity index (χ0) is 86.3. The van der Waals surface area contributed by atoms with Crippen LogP contribution in [0.25, 0.3) is 21.5 Å². The van der Waals surface area contributed by atoms with Gasteiger partial charge in [-0.3, -0.25) is 71.9 Å². The molecule has 15 amide bonds. The lowest BCUT2D eigenvalue weighted by atomic mass is 9.97. The second kappa shape index (κ2) is 50.1.